The Balaban J connectivity index is 1.95. The van der Waals surface area contributed by atoms with E-state index >= 15 is 0 Å². The first kappa shape index (κ1) is 20.1. The van der Waals surface area contributed by atoms with Crippen LogP contribution in [0.15, 0.2) is 36.7 Å². The highest BCUT2D eigenvalue weighted by molar-refractivity contribution is 7.14. The van der Waals surface area contributed by atoms with Crippen molar-refractivity contribution in [1.82, 2.24) is 9.55 Å². The van der Waals surface area contributed by atoms with Crippen LogP contribution in [0.5, 0.6) is 0 Å². The van der Waals surface area contributed by atoms with Gasteiger partial charge in [-0.2, -0.15) is 4.39 Å². The largest absolute Gasteiger partial charge is 0.388 e. The van der Waals surface area contributed by atoms with Gasteiger partial charge in [-0.1, -0.05) is 31.3 Å². The van der Waals surface area contributed by atoms with E-state index in [0.29, 0.717) is 16.9 Å². The van der Waals surface area contributed by atoms with Crippen LogP contribution in [0.2, 0.25) is 0 Å². The fraction of sp³-hybridized carbons (Fsp3) is 0.263. The van der Waals surface area contributed by atoms with Crippen LogP contribution in [0.25, 0.3) is 0 Å². The Bertz CT molecular complexity index is 1000. The second-order valence-corrected chi connectivity index (χ2v) is 7.62. The normalized spacial score (nSPS) is 12.4. The van der Waals surface area contributed by atoms with E-state index in [9.17, 15) is 23.1 Å². The molecule has 28 heavy (non-hydrogen) atoms. The van der Waals surface area contributed by atoms with Gasteiger partial charge in [-0.3, -0.25) is 10.1 Å². The molecule has 0 aliphatic rings. The van der Waals surface area contributed by atoms with Crippen molar-refractivity contribution in [1.29, 1.82) is 0 Å². The van der Waals surface area contributed by atoms with Crippen molar-refractivity contribution in [3.8, 4) is 0 Å². The lowest BCUT2D eigenvalue weighted by Gasteiger charge is -2.12. The fourth-order valence-corrected chi connectivity index (χ4v) is 3.25. The van der Waals surface area contributed by atoms with Crippen molar-refractivity contribution in [3.05, 3.63) is 70.2 Å². The highest BCUT2D eigenvalue weighted by atomic mass is 32.1. The van der Waals surface area contributed by atoms with E-state index in [4.69, 9.17) is 0 Å². The summed E-state index contributed by atoms with van der Waals surface area (Å²) in [6.07, 6.45) is 1.70. The zero-order valence-electron chi connectivity index (χ0n) is 15.1. The maximum absolute atomic E-state index is 14.1. The molecule has 0 fully saturated rings. The molecule has 0 saturated heterocycles. The van der Waals surface area contributed by atoms with Crippen LogP contribution in [0, 0.1) is 22.7 Å². The van der Waals surface area contributed by atoms with Gasteiger partial charge in [-0.05, 0) is 23.6 Å². The maximum Gasteiger partial charge on any atom is 0.274 e. The number of halogens is 3. The second-order valence-electron chi connectivity index (χ2n) is 6.63. The summed E-state index contributed by atoms with van der Waals surface area (Å²) in [4.78, 5) is 16.4. The van der Waals surface area contributed by atoms with Crippen molar-refractivity contribution in [2.75, 3.05) is 5.32 Å². The van der Waals surface area contributed by atoms with E-state index in [1.807, 2.05) is 13.8 Å². The number of hydrogen-bond acceptors (Lipinski definition) is 4. The SMILES string of the molecule is CC(C)C(O)c1cc(C(=O)Nc2ncc(F)s2)n(Cc2ccc(F)cc2F)c1. The van der Waals surface area contributed by atoms with Gasteiger partial charge in [0.05, 0.1) is 18.8 Å². The molecule has 2 aromatic heterocycles. The minimum Gasteiger partial charge on any atom is -0.388 e. The molecule has 0 radical (unpaired) electrons. The molecule has 0 aliphatic heterocycles. The molecular weight excluding hydrogens is 391 g/mol. The minimum absolute atomic E-state index is 0.0497. The average Bonchev–Trinajstić information content (AvgIpc) is 3.23. The number of rotatable bonds is 6. The van der Waals surface area contributed by atoms with Crippen LogP contribution >= 0.6 is 11.3 Å². The molecule has 0 bridgehead atoms. The minimum atomic E-state index is -0.830. The molecule has 0 saturated carbocycles. The summed E-state index contributed by atoms with van der Waals surface area (Å²) in [5.74, 6) is -2.14. The molecule has 3 rings (SSSR count). The van der Waals surface area contributed by atoms with Gasteiger partial charge in [-0.25, -0.2) is 13.8 Å². The van der Waals surface area contributed by atoms with E-state index in [1.165, 1.54) is 16.7 Å². The first-order valence-electron chi connectivity index (χ1n) is 8.49. The van der Waals surface area contributed by atoms with E-state index in [2.05, 4.69) is 10.3 Å². The Kier molecular flexibility index (Phi) is 5.85. The predicted octanol–water partition coefficient (Wildman–Crippen LogP) is 4.35. The summed E-state index contributed by atoms with van der Waals surface area (Å²) >= 11 is 0.673. The molecule has 0 spiro atoms. The van der Waals surface area contributed by atoms with Crippen molar-refractivity contribution < 1.29 is 23.1 Å². The lowest BCUT2D eigenvalue weighted by Crippen LogP contribution is -2.17. The van der Waals surface area contributed by atoms with E-state index in [0.717, 1.165) is 18.3 Å². The van der Waals surface area contributed by atoms with Gasteiger partial charge in [0.2, 0.25) is 0 Å². The van der Waals surface area contributed by atoms with Gasteiger partial charge in [-0.15, -0.1) is 0 Å². The van der Waals surface area contributed by atoms with E-state index in [1.54, 1.807) is 6.20 Å². The summed E-state index contributed by atoms with van der Waals surface area (Å²) in [7, 11) is 0. The van der Waals surface area contributed by atoms with Crippen molar-refractivity contribution >= 4 is 22.4 Å². The third-order valence-electron chi connectivity index (χ3n) is 4.18. The molecule has 2 heterocycles. The fourth-order valence-electron chi connectivity index (χ4n) is 2.71. The highest BCUT2D eigenvalue weighted by Crippen LogP contribution is 2.26. The van der Waals surface area contributed by atoms with Crippen LogP contribution in [-0.4, -0.2) is 20.6 Å². The summed E-state index contributed by atoms with van der Waals surface area (Å²) in [6, 6.07) is 4.68. The van der Waals surface area contributed by atoms with Crippen LogP contribution in [0.3, 0.4) is 0 Å². The lowest BCUT2D eigenvalue weighted by atomic mass is 10.0. The molecule has 2 N–H and O–H groups in total. The summed E-state index contributed by atoms with van der Waals surface area (Å²) < 4.78 is 41.8. The number of aliphatic hydroxyl groups is 1. The molecule has 9 heteroatoms. The molecule has 0 aliphatic carbocycles. The van der Waals surface area contributed by atoms with Gasteiger partial charge in [0.25, 0.3) is 5.91 Å². The molecule has 5 nitrogen and oxygen atoms in total. The zero-order chi connectivity index (χ0) is 20.4. The second kappa shape index (κ2) is 8.15. The Labute approximate surface area is 163 Å². The molecule has 1 atom stereocenters. The standard InChI is InChI=1S/C19H18F3N3O2S/c1-10(2)17(26)12-5-15(18(27)24-19-23-7-16(22)28-19)25(9-12)8-11-3-4-13(20)6-14(11)21/h3-7,9-10,17,26H,8H2,1-2H3,(H,23,24,27). The van der Waals surface area contributed by atoms with Crippen molar-refractivity contribution in [2.24, 2.45) is 5.92 Å². The van der Waals surface area contributed by atoms with Gasteiger partial charge in [0.15, 0.2) is 10.3 Å². The molecular formula is C19H18F3N3O2S. The first-order chi connectivity index (χ1) is 13.2. The van der Waals surface area contributed by atoms with Crippen molar-refractivity contribution in [2.45, 2.75) is 26.5 Å². The third-order valence-corrected chi connectivity index (χ3v) is 4.88. The third kappa shape index (κ3) is 4.42. The molecule has 148 valence electrons. The number of carbonyl (C=O) groups excluding carboxylic acids is 1. The number of anilines is 1. The first-order valence-corrected chi connectivity index (χ1v) is 9.31. The van der Waals surface area contributed by atoms with E-state index < -0.39 is 28.8 Å². The monoisotopic (exact) mass is 409 g/mol. The van der Waals surface area contributed by atoms with Crippen LogP contribution < -0.4 is 5.32 Å². The quantitative estimate of drug-likeness (QED) is 0.636. The average molecular weight is 409 g/mol. The topological polar surface area (TPSA) is 67.2 Å². The van der Waals surface area contributed by atoms with Crippen molar-refractivity contribution in [3.63, 3.8) is 0 Å². The van der Waals surface area contributed by atoms with Gasteiger partial charge < -0.3 is 9.67 Å². The Morgan fingerprint density at radius 2 is 2.04 bits per heavy atom. The highest BCUT2D eigenvalue weighted by Gasteiger charge is 2.21. The number of carbonyl (C=O) groups is 1. The Morgan fingerprint density at radius 1 is 1.29 bits per heavy atom. The smallest absolute Gasteiger partial charge is 0.274 e. The number of hydrogen-bond donors (Lipinski definition) is 2. The van der Waals surface area contributed by atoms with Gasteiger partial charge in [0.1, 0.15) is 17.3 Å². The molecule has 1 amide bonds. The molecule has 1 unspecified atom stereocenters. The summed E-state index contributed by atoms with van der Waals surface area (Å²) in [6.45, 7) is 3.59. The van der Waals surface area contributed by atoms with Crippen LogP contribution in [0.1, 0.15) is 41.6 Å². The predicted molar refractivity (Wildman–Crippen MR) is 99.7 cm³/mol. The van der Waals surface area contributed by atoms with Crippen LogP contribution in [-0.2, 0) is 6.54 Å². The lowest BCUT2D eigenvalue weighted by molar-refractivity contribution is 0.101. The maximum atomic E-state index is 14.1. The molecule has 3 aromatic rings. The summed E-state index contributed by atoms with van der Waals surface area (Å²) in [5.41, 5.74) is 0.791. The number of benzene rings is 1. The number of amides is 1. The van der Waals surface area contributed by atoms with Gasteiger partial charge in [0, 0.05) is 17.8 Å². The zero-order valence-corrected chi connectivity index (χ0v) is 15.9. The number of nitrogens with zero attached hydrogens (tertiary/aromatic N) is 2. The Hall–Kier alpha value is -2.65. The number of nitrogens with one attached hydrogen (secondary N) is 1. The van der Waals surface area contributed by atoms with E-state index in [-0.39, 0.29) is 28.9 Å². The number of aliphatic hydroxyl groups excluding tert-OH is 1. The van der Waals surface area contributed by atoms with Gasteiger partial charge >= 0.3 is 0 Å². The number of aromatic nitrogens is 2. The number of thiazole rings is 1. The van der Waals surface area contributed by atoms with Crippen LogP contribution in [0.4, 0.5) is 18.3 Å². The Morgan fingerprint density at radius 3 is 2.64 bits per heavy atom. The molecule has 1 aromatic carbocycles. The summed E-state index contributed by atoms with van der Waals surface area (Å²) in [5, 5.41) is 12.4.